The van der Waals surface area contributed by atoms with Crippen molar-refractivity contribution in [3.63, 3.8) is 0 Å². The van der Waals surface area contributed by atoms with E-state index in [2.05, 4.69) is 5.32 Å². The molecule has 3 saturated heterocycles. The maximum atomic E-state index is 13.0. The van der Waals surface area contributed by atoms with Gasteiger partial charge in [-0.3, -0.25) is 4.79 Å². The molecule has 0 aromatic heterocycles. The molecular weight excluding hydrogens is 354 g/mol. The highest BCUT2D eigenvalue weighted by atomic mass is 32.2. The second-order valence-electron chi connectivity index (χ2n) is 7.39. The fourth-order valence-electron chi connectivity index (χ4n) is 4.14. The Morgan fingerprint density at radius 2 is 1.81 bits per heavy atom. The van der Waals surface area contributed by atoms with Crippen LogP contribution in [0.4, 0.5) is 0 Å². The Hall–Kier alpha value is -1.48. The number of hydrogen-bond donors (Lipinski definition) is 1. The summed E-state index contributed by atoms with van der Waals surface area (Å²) in [7, 11) is -3.61. The van der Waals surface area contributed by atoms with E-state index in [1.165, 1.54) is 4.31 Å². The third-order valence-electron chi connectivity index (χ3n) is 5.70. The Morgan fingerprint density at radius 3 is 2.46 bits per heavy atom. The van der Waals surface area contributed by atoms with Crippen LogP contribution in [0.25, 0.3) is 0 Å². The predicted molar refractivity (Wildman–Crippen MR) is 96.5 cm³/mol. The average molecular weight is 379 g/mol. The number of likely N-dealkylation sites (tertiary alicyclic amines) is 1. The number of fused-ring (bicyclic) bond motifs is 1. The molecule has 1 N–H and O–H groups in total. The Morgan fingerprint density at radius 1 is 1.15 bits per heavy atom. The summed E-state index contributed by atoms with van der Waals surface area (Å²) in [5.74, 6) is 0.958. The number of morpholine rings is 1. The highest BCUT2D eigenvalue weighted by Crippen LogP contribution is 2.29. The summed E-state index contributed by atoms with van der Waals surface area (Å²) in [6.07, 6.45) is 0. The van der Waals surface area contributed by atoms with Crippen molar-refractivity contribution in [1.82, 2.24) is 14.5 Å². The molecule has 0 unspecified atom stereocenters. The number of aryl methyl sites for hydroxylation is 1. The standard InChI is InChI=1S/C18H25N3O4S/c1-13-2-3-14(18(22)20-11-15-9-19-10-16(15)12-20)8-17(13)26(23,24)21-4-6-25-7-5-21/h2-3,8,15-16,19H,4-7,9-12H2,1H3/t15-,16+. The smallest absolute Gasteiger partial charge is 0.253 e. The summed E-state index contributed by atoms with van der Waals surface area (Å²) in [6.45, 7) is 6.69. The van der Waals surface area contributed by atoms with E-state index < -0.39 is 10.0 Å². The average Bonchev–Trinajstić information content (AvgIpc) is 3.24. The van der Waals surface area contributed by atoms with E-state index in [4.69, 9.17) is 4.74 Å². The number of nitrogens with one attached hydrogen (secondary N) is 1. The number of nitrogens with zero attached hydrogens (tertiary/aromatic N) is 2. The molecule has 3 fully saturated rings. The SMILES string of the molecule is Cc1ccc(C(=O)N2C[C@H]3CNC[C@H]3C2)cc1S(=O)(=O)N1CCOCC1. The van der Waals surface area contributed by atoms with Gasteiger partial charge in [-0.05, 0) is 36.5 Å². The van der Waals surface area contributed by atoms with Crippen LogP contribution < -0.4 is 5.32 Å². The Kier molecular flexibility index (Phi) is 4.77. The maximum Gasteiger partial charge on any atom is 0.253 e. The van der Waals surface area contributed by atoms with E-state index in [-0.39, 0.29) is 10.8 Å². The zero-order valence-electron chi connectivity index (χ0n) is 15.0. The van der Waals surface area contributed by atoms with E-state index in [1.54, 1.807) is 25.1 Å². The Labute approximate surface area is 154 Å². The number of rotatable bonds is 3. The van der Waals surface area contributed by atoms with Crippen LogP contribution in [0.3, 0.4) is 0 Å². The molecule has 26 heavy (non-hydrogen) atoms. The number of hydrogen-bond acceptors (Lipinski definition) is 5. The van der Waals surface area contributed by atoms with Crippen LogP contribution in [0.5, 0.6) is 0 Å². The van der Waals surface area contributed by atoms with Crippen LogP contribution in [-0.4, -0.2) is 76.0 Å². The summed E-state index contributed by atoms with van der Waals surface area (Å²) >= 11 is 0. The third kappa shape index (κ3) is 3.15. The molecule has 3 aliphatic rings. The summed E-state index contributed by atoms with van der Waals surface area (Å²) in [6, 6.07) is 5.02. The fraction of sp³-hybridized carbons (Fsp3) is 0.611. The molecule has 142 valence electrons. The van der Waals surface area contributed by atoms with Crippen molar-refractivity contribution in [1.29, 1.82) is 0 Å². The first-order valence-electron chi connectivity index (χ1n) is 9.15. The highest BCUT2D eigenvalue weighted by molar-refractivity contribution is 7.89. The van der Waals surface area contributed by atoms with Crippen molar-refractivity contribution in [2.75, 3.05) is 52.5 Å². The molecule has 8 heteroatoms. The minimum absolute atomic E-state index is 0.0715. The third-order valence-corrected chi connectivity index (χ3v) is 7.74. The molecule has 3 heterocycles. The highest BCUT2D eigenvalue weighted by Gasteiger charge is 2.38. The molecule has 1 amide bonds. The predicted octanol–water partition coefficient (Wildman–Crippen LogP) is 0.307. The Bertz CT molecular complexity index is 793. The van der Waals surface area contributed by atoms with E-state index in [1.807, 2.05) is 4.90 Å². The minimum atomic E-state index is -3.61. The van der Waals surface area contributed by atoms with Gasteiger partial charge in [-0.2, -0.15) is 4.31 Å². The van der Waals surface area contributed by atoms with Crippen molar-refractivity contribution in [2.24, 2.45) is 11.8 Å². The number of carbonyl (C=O) groups excluding carboxylic acids is 1. The van der Waals surface area contributed by atoms with E-state index >= 15 is 0 Å². The summed E-state index contributed by atoms with van der Waals surface area (Å²) in [5.41, 5.74) is 1.12. The van der Waals surface area contributed by atoms with Gasteiger partial charge >= 0.3 is 0 Å². The van der Waals surface area contributed by atoms with Crippen LogP contribution >= 0.6 is 0 Å². The molecule has 3 aliphatic heterocycles. The van der Waals surface area contributed by atoms with Gasteiger partial charge in [-0.1, -0.05) is 6.07 Å². The van der Waals surface area contributed by atoms with Crippen LogP contribution in [0.2, 0.25) is 0 Å². The second-order valence-corrected chi connectivity index (χ2v) is 9.29. The second kappa shape index (κ2) is 6.92. The van der Waals surface area contributed by atoms with Gasteiger partial charge in [0.05, 0.1) is 18.1 Å². The van der Waals surface area contributed by atoms with E-state index in [9.17, 15) is 13.2 Å². The topological polar surface area (TPSA) is 79.0 Å². The summed E-state index contributed by atoms with van der Waals surface area (Å²) < 4.78 is 32.7. The fourth-order valence-corrected chi connectivity index (χ4v) is 5.80. The van der Waals surface area contributed by atoms with Crippen LogP contribution in [0.15, 0.2) is 23.1 Å². The first-order chi connectivity index (χ1) is 12.5. The molecular formula is C18H25N3O4S. The molecule has 1 aromatic rings. The van der Waals surface area contributed by atoms with Gasteiger partial charge < -0.3 is 15.0 Å². The molecule has 2 atom stereocenters. The molecule has 0 bridgehead atoms. The lowest BCUT2D eigenvalue weighted by Crippen LogP contribution is -2.41. The van der Waals surface area contributed by atoms with E-state index in [0.717, 1.165) is 26.2 Å². The van der Waals surface area contributed by atoms with Gasteiger partial charge in [-0.15, -0.1) is 0 Å². The lowest BCUT2D eigenvalue weighted by Gasteiger charge is -2.27. The monoisotopic (exact) mass is 379 g/mol. The minimum Gasteiger partial charge on any atom is -0.379 e. The van der Waals surface area contributed by atoms with Gasteiger partial charge in [0.25, 0.3) is 5.91 Å². The van der Waals surface area contributed by atoms with Gasteiger partial charge in [0, 0.05) is 44.8 Å². The van der Waals surface area contributed by atoms with Crippen LogP contribution in [0, 0.1) is 18.8 Å². The number of benzene rings is 1. The number of carbonyl (C=O) groups is 1. The lowest BCUT2D eigenvalue weighted by molar-refractivity contribution is 0.0730. The summed E-state index contributed by atoms with van der Waals surface area (Å²) in [4.78, 5) is 15.0. The first-order valence-corrected chi connectivity index (χ1v) is 10.6. The van der Waals surface area contributed by atoms with Crippen molar-refractivity contribution in [2.45, 2.75) is 11.8 Å². The maximum absolute atomic E-state index is 13.0. The number of amides is 1. The van der Waals surface area contributed by atoms with Crippen molar-refractivity contribution in [3.8, 4) is 0 Å². The van der Waals surface area contributed by atoms with Crippen molar-refractivity contribution >= 4 is 15.9 Å². The summed E-state index contributed by atoms with van der Waals surface area (Å²) in [5, 5.41) is 3.36. The number of ether oxygens (including phenoxy) is 1. The van der Waals surface area contributed by atoms with Gasteiger partial charge in [-0.25, -0.2) is 8.42 Å². The van der Waals surface area contributed by atoms with Crippen LogP contribution in [-0.2, 0) is 14.8 Å². The first kappa shape index (κ1) is 17.9. The molecule has 1 aromatic carbocycles. The van der Waals surface area contributed by atoms with Gasteiger partial charge in [0.1, 0.15) is 0 Å². The quantitative estimate of drug-likeness (QED) is 0.818. The van der Waals surface area contributed by atoms with Crippen LogP contribution in [0.1, 0.15) is 15.9 Å². The molecule has 4 rings (SSSR count). The number of sulfonamides is 1. The van der Waals surface area contributed by atoms with Gasteiger partial charge in [0.2, 0.25) is 10.0 Å². The zero-order chi connectivity index (χ0) is 18.3. The van der Waals surface area contributed by atoms with E-state index in [0.29, 0.717) is 49.3 Å². The lowest BCUT2D eigenvalue weighted by atomic mass is 10.0. The molecule has 0 radical (unpaired) electrons. The van der Waals surface area contributed by atoms with Gasteiger partial charge in [0.15, 0.2) is 0 Å². The zero-order valence-corrected chi connectivity index (χ0v) is 15.8. The van der Waals surface area contributed by atoms with Crippen molar-refractivity contribution < 1.29 is 17.9 Å². The largest absolute Gasteiger partial charge is 0.379 e. The molecule has 0 spiro atoms. The molecule has 7 nitrogen and oxygen atoms in total. The molecule has 0 saturated carbocycles. The van der Waals surface area contributed by atoms with Crippen molar-refractivity contribution in [3.05, 3.63) is 29.3 Å². The molecule has 0 aliphatic carbocycles. The normalized spacial score (nSPS) is 26.9. The Balaban J connectivity index is 1.59.